The van der Waals surface area contributed by atoms with Gasteiger partial charge in [0.25, 0.3) is 0 Å². The zero-order valence-electron chi connectivity index (χ0n) is 16.1. The van der Waals surface area contributed by atoms with Crippen molar-refractivity contribution in [3.8, 4) is 0 Å². The number of rotatable bonds is 7. The summed E-state index contributed by atoms with van der Waals surface area (Å²) in [4.78, 5) is 24.6. The average molecular weight is 382 g/mol. The lowest BCUT2D eigenvalue weighted by atomic mass is 10.1. The minimum atomic E-state index is -0.408. The van der Waals surface area contributed by atoms with Gasteiger partial charge in [0.2, 0.25) is 5.95 Å². The normalized spacial score (nSPS) is 16.3. The molecular formula is C21H26N4O3. The lowest BCUT2D eigenvalue weighted by Crippen LogP contribution is -2.51. The fourth-order valence-corrected chi connectivity index (χ4v) is 3.14. The van der Waals surface area contributed by atoms with Gasteiger partial charge in [-0.1, -0.05) is 42.5 Å². The van der Waals surface area contributed by atoms with E-state index in [-0.39, 0.29) is 12.6 Å². The van der Waals surface area contributed by atoms with Gasteiger partial charge < -0.3 is 14.7 Å². The van der Waals surface area contributed by atoms with Crippen LogP contribution in [-0.4, -0.2) is 71.4 Å². The van der Waals surface area contributed by atoms with Crippen LogP contribution in [0.1, 0.15) is 22.8 Å². The molecule has 3 rings (SSSR count). The molecule has 7 heteroatoms. The van der Waals surface area contributed by atoms with Crippen molar-refractivity contribution in [1.29, 1.82) is 0 Å². The number of anilines is 1. The summed E-state index contributed by atoms with van der Waals surface area (Å²) in [6.07, 6.45) is 7.11. The number of aromatic nitrogens is 2. The van der Waals surface area contributed by atoms with Crippen molar-refractivity contribution in [2.75, 3.05) is 44.3 Å². The maximum Gasteiger partial charge on any atom is 0.341 e. The van der Waals surface area contributed by atoms with Crippen LogP contribution in [0.25, 0.3) is 6.08 Å². The Bertz CT molecular complexity index is 772. The third-order valence-electron chi connectivity index (χ3n) is 4.71. The molecule has 2 aromatic rings. The predicted octanol–water partition coefficient (Wildman–Crippen LogP) is 1.85. The molecule has 1 aliphatic rings. The predicted molar refractivity (Wildman–Crippen MR) is 108 cm³/mol. The number of esters is 1. The van der Waals surface area contributed by atoms with Crippen molar-refractivity contribution in [2.24, 2.45) is 0 Å². The molecule has 1 saturated heterocycles. The molecular weight excluding hydrogens is 356 g/mol. The molecule has 7 nitrogen and oxygen atoms in total. The molecule has 0 radical (unpaired) electrons. The number of carbonyl (C=O) groups is 1. The molecule has 1 atom stereocenters. The van der Waals surface area contributed by atoms with Crippen LogP contribution < -0.4 is 4.90 Å². The van der Waals surface area contributed by atoms with Crippen molar-refractivity contribution in [2.45, 2.75) is 13.0 Å². The van der Waals surface area contributed by atoms with Crippen molar-refractivity contribution in [3.63, 3.8) is 0 Å². The van der Waals surface area contributed by atoms with Gasteiger partial charge in [0.15, 0.2) is 0 Å². The first-order valence-corrected chi connectivity index (χ1v) is 9.53. The third kappa shape index (κ3) is 5.15. The van der Waals surface area contributed by atoms with Crippen molar-refractivity contribution >= 4 is 18.0 Å². The van der Waals surface area contributed by atoms with Gasteiger partial charge in [0, 0.05) is 38.6 Å². The summed E-state index contributed by atoms with van der Waals surface area (Å²) >= 11 is 0. The van der Waals surface area contributed by atoms with E-state index in [1.54, 1.807) is 6.92 Å². The van der Waals surface area contributed by atoms with Crippen LogP contribution in [0.15, 0.2) is 48.8 Å². The summed E-state index contributed by atoms with van der Waals surface area (Å²) < 4.78 is 4.95. The summed E-state index contributed by atoms with van der Waals surface area (Å²) in [6, 6.07) is 10.1. The van der Waals surface area contributed by atoms with Gasteiger partial charge in [-0.25, -0.2) is 14.8 Å². The Morgan fingerprint density at radius 3 is 2.46 bits per heavy atom. The van der Waals surface area contributed by atoms with Crippen LogP contribution in [0, 0.1) is 0 Å². The number of hydrogen-bond donors (Lipinski definition) is 1. The smallest absolute Gasteiger partial charge is 0.341 e. The highest BCUT2D eigenvalue weighted by Crippen LogP contribution is 2.14. The number of benzene rings is 1. The van der Waals surface area contributed by atoms with Crippen molar-refractivity contribution in [3.05, 3.63) is 59.9 Å². The summed E-state index contributed by atoms with van der Waals surface area (Å²) in [7, 11) is 0. The molecule has 1 fully saturated rings. The number of carbonyl (C=O) groups excluding carboxylic acids is 1. The SMILES string of the molecule is CCOC(=O)c1cnc(N2CCN(C(C=Cc3ccccc3)CO)CC2)nc1. The number of piperazine rings is 1. The van der Waals surface area contributed by atoms with E-state index in [0.717, 1.165) is 31.7 Å². The second-order valence-electron chi connectivity index (χ2n) is 6.53. The monoisotopic (exact) mass is 382 g/mol. The minimum Gasteiger partial charge on any atom is -0.462 e. The number of aliphatic hydroxyl groups excluding tert-OH is 1. The highest BCUT2D eigenvalue weighted by Gasteiger charge is 2.23. The van der Waals surface area contributed by atoms with Crippen LogP contribution in [0.3, 0.4) is 0 Å². The van der Waals surface area contributed by atoms with E-state index in [9.17, 15) is 9.90 Å². The first kappa shape index (κ1) is 20.0. The van der Waals surface area contributed by atoms with Crippen LogP contribution in [0.2, 0.25) is 0 Å². The molecule has 0 bridgehead atoms. The maximum absolute atomic E-state index is 11.7. The van der Waals surface area contributed by atoms with Crippen molar-refractivity contribution in [1.82, 2.24) is 14.9 Å². The molecule has 0 amide bonds. The van der Waals surface area contributed by atoms with E-state index >= 15 is 0 Å². The molecule has 2 heterocycles. The molecule has 0 aliphatic carbocycles. The molecule has 1 aromatic carbocycles. The molecule has 0 saturated carbocycles. The Balaban J connectivity index is 1.56. The fourth-order valence-electron chi connectivity index (χ4n) is 3.14. The topological polar surface area (TPSA) is 78.8 Å². The summed E-state index contributed by atoms with van der Waals surface area (Å²) in [5, 5.41) is 9.79. The standard InChI is InChI=1S/C21H26N4O3/c1-2-28-20(27)18-14-22-21(23-15-18)25-12-10-24(11-13-25)19(16-26)9-8-17-6-4-3-5-7-17/h3-9,14-15,19,26H,2,10-13,16H2,1H3. The highest BCUT2D eigenvalue weighted by atomic mass is 16.5. The van der Waals surface area contributed by atoms with Gasteiger partial charge in [-0.05, 0) is 12.5 Å². The molecule has 28 heavy (non-hydrogen) atoms. The van der Waals surface area contributed by atoms with Crippen LogP contribution in [0.5, 0.6) is 0 Å². The molecule has 1 N–H and O–H groups in total. The van der Waals surface area contributed by atoms with Crippen LogP contribution in [-0.2, 0) is 4.74 Å². The van der Waals surface area contributed by atoms with E-state index in [4.69, 9.17) is 4.74 Å². The van der Waals surface area contributed by atoms with E-state index in [0.29, 0.717) is 18.1 Å². The minimum absolute atomic E-state index is 0.0190. The molecule has 148 valence electrons. The van der Waals surface area contributed by atoms with Gasteiger partial charge in [-0.3, -0.25) is 4.90 Å². The summed E-state index contributed by atoms with van der Waals surface area (Å²) in [6.45, 7) is 5.28. The van der Waals surface area contributed by atoms with Crippen LogP contribution in [0.4, 0.5) is 5.95 Å². The Kier molecular flexibility index (Phi) is 7.11. The Morgan fingerprint density at radius 2 is 1.86 bits per heavy atom. The number of aliphatic hydroxyl groups is 1. The number of hydrogen-bond acceptors (Lipinski definition) is 7. The van der Waals surface area contributed by atoms with E-state index in [1.165, 1.54) is 12.4 Å². The average Bonchev–Trinajstić information content (AvgIpc) is 2.76. The van der Waals surface area contributed by atoms with Gasteiger partial charge in [0.05, 0.1) is 24.8 Å². The number of nitrogens with zero attached hydrogens (tertiary/aromatic N) is 4. The zero-order chi connectivity index (χ0) is 19.8. The highest BCUT2D eigenvalue weighted by molar-refractivity contribution is 5.88. The summed E-state index contributed by atoms with van der Waals surface area (Å²) in [5.41, 5.74) is 1.48. The lowest BCUT2D eigenvalue weighted by molar-refractivity contribution is 0.0525. The molecule has 1 unspecified atom stereocenters. The first-order chi connectivity index (χ1) is 13.7. The lowest BCUT2D eigenvalue weighted by Gasteiger charge is -2.37. The Labute approximate surface area is 165 Å². The van der Waals surface area contributed by atoms with E-state index in [1.807, 2.05) is 36.4 Å². The van der Waals surface area contributed by atoms with Gasteiger partial charge in [0.1, 0.15) is 0 Å². The Morgan fingerprint density at radius 1 is 1.18 bits per heavy atom. The molecule has 1 aliphatic heterocycles. The van der Waals surface area contributed by atoms with Gasteiger partial charge in [-0.15, -0.1) is 0 Å². The van der Waals surface area contributed by atoms with Crippen molar-refractivity contribution < 1.29 is 14.6 Å². The quantitative estimate of drug-likeness (QED) is 0.732. The first-order valence-electron chi connectivity index (χ1n) is 9.53. The second kappa shape index (κ2) is 9.96. The molecule has 1 aromatic heterocycles. The van der Waals surface area contributed by atoms with E-state index < -0.39 is 5.97 Å². The van der Waals surface area contributed by atoms with E-state index in [2.05, 4.69) is 25.8 Å². The summed E-state index contributed by atoms with van der Waals surface area (Å²) in [5.74, 6) is 0.197. The zero-order valence-corrected chi connectivity index (χ0v) is 16.1. The number of ether oxygens (including phenoxy) is 1. The van der Waals surface area contributed by atoms with Crippen LogP contribution >= 0.6 is 0 Å². The maximum atomic E-state index is 11.7. The largest absolute Gasteiger partial charge is 0.462 e. The van der Waals surface area contributed by atoms with Gasteiger partial charge in [-0.2, -0.15) is 0 Å². The molecule has 0 spiro atoms. The third-order valence-corrected chi connectivity index (χ3v) is 4.71. The van der Waals surface area contributed by atoms with Gasteiger partial charge >= 0.3 is 5.97 Å². The Hall–Kier alpha value is -2.77. The second-order valence-corrected chi connectivity index (χ2v) is 6.53. The fraction of sp³-hybridized carbons (Fsp3) is 0.381.